The number of nitrogens with two attached hydrogens (primary N) is 1. The van der Waals surface area contributed by atoms with E-state index in [0.717, 1.165) is 0 Å². The Hall–Kier alpha value is -2.76. The van der Waals surface area contributed by atoms with E-state index < -0.39 is 0 Å². The van der Waals surface area contributed by atoms with Crippen molar-refractivity contribution in [3.05, 3.63) is 36.4 Å². The molecule has 2 aromatic carbocycles. The summed E-state index contributed by atoms with van der Waals surface area (Å²) in [5.41, 5.74) is 7.84. The Labute approximate surface area is 102 Å². The van der Waals surface area contributed by atoms with Gasteiger partial charge in [-0.15, -0.1) is 15.0 Å². The molecule has 3 aromatic rings. The first-order valence-electron chi connectivity index (χ1n) is 5.28. The normalized spacial score (nSPS) is 10.9. The van der Waals surface area contributed by atoms with Crippen molar-refractivity contribution >= 4 is 16.7 Å². The summed E-state index contributed by atoms with van der Waals surface area (Å²) in [6, 6.07) is 9.32. The lowest BCUT2D eigenvalue weighted by atomic mass is 10.3. The lowest BCUT2D eigenvalue weighted by Gasteiger charge is -2.02. The molecule has 0 spiro atoms. The van der Waals surface area contributed by atoms with E-state index >= 15 is 0 Å². The number of hydrogen-bond acceptors (Lipinski definition) is 5. The van der Waals surface area contributed by atoms with Crippen LogP contribution in [0.25, 0.3) is 16.7 Å². The van der Waals surface area contributed by atoms with E-state index in [1.807, 2.05) is 0 Å². The Morgan fingerprint density at radius 3 is 2.56 bits per heavy atom. The van der Waals surface area contributed by atoms with Crippen LogP contribution in [-0.2, 0) is 0 Å². The number of aromatic hydroxyl groups is 2. The highest BCUT2D eigenvalue weighted by molar-refractivity contribution is 5.77. The summed E-state index contributed by atoms with van der Waals surface area (Å²) in [5, 5.41) is 27.6. The maximum absolute atomic E-state index is 9.73. The van der Waals surface area contributed by atoms with Gasteiger partial charge in [-0.1, -0.05) is 0 Å². The zero-order chi connectivity index (χ0) is 12.7. The average Bonchev–Trinajstić information content (AvgIpc) is 2.74. The van der Waals surface area contributed by atoms with Gasteiger partial charge >= 0.3 is 0 Å². The number of anilines is 1. The van der Waals surface area contributed by atoms with Gasteiger partial charge in [0.15, 0.2) is 0 Å². The number of rotatable bonds is 1. The second kappa shape index (κ2) is 3.63. The molecule has 0 atom stereocenters. The molecule has 0 aliphatic carbocycles. The molecule has 3 rings (SSSR count). The van der Waals surface area contributed by atoms with Gasteiger partial charge in [0.25, 0.3) is 0 Å². The van der Waals surface area contributed by atoms with Crippen molar-refractivity contribution in [2.45, 2.75) is 0 Å². The van der Waals surface area contributed by atoms with Gasteiger partial charge in [-0.2, -0.15) is 0 Å². The van der Waals surface area contributed by atoms with Crippen molar-refractivity contribution in [1.82, 2.24) is 15.0 Å². The molecule has 6 heteroatoms. The number of phenolic OH excluding ortho intramolecular Hbond substituents is 2. The van der Waals surface area contributed by atoms with E-state index in [4.69, 9.17) is 5.73 Å². The van der Waals surface area contributed by atoms with Crippen LogP contribution in [-0.4, -0.2) is 25.2 Å². The smallest absolute Gasteiger partial charge is 0.143 e. The number of phenols is 2. The summed E-state index contributed by atoms with van der Waals surface area (Å²) in [6.45, 7) is 0. The number of nitrogen functional groups attached to an aromatic ring is 1. The van der Waals surface area contributed by atoms with Crippen LogP contribution in [0, 0.1) is 0 Å². The summed E-state index contributed by atoms with van der Waals surface area (Å²) in [7, 11) is 0. The predicted molar refractivity (Wildman–Crippen MR) is 66.6 cm³/mol. The van der Waals surface area contributed by atoms with Crippen LogP contribution in [0.2, 0.25) is 0 Å². The van der Waals surface area contributed by atoms with E-state index in [9.17, 15) is 10.2 Å². The van der Waals surface area contributed by atoms with Crippen molar-refractivity contribution in [2.24, 2.45) is 0 Å². The summed E-state index contributed by atoms with van der Waals surface area (Å²) in [5.74, 6) is 0.0183. The third-order valence-electron chi connectivity index (χ3n) is 2.58. The number of benzene rings is 2. The van der Waals surface area contributed by atoms with Gasteiger partial charge in [0.2, 0.25) is 0 Å². The van der Waals surface area contributed by atoms with Crippen molar-refractivity contribution in [1.29, 1.82) is 0 Å². The van der Waals surface area contributed by atoms with Gasteiger partial charge in [-0.3, -0.25) is 0 Å². The van der Waals surface area contributed by atoms with E-state index in [1.54, 1.807) is 18.2 Å². The minimum Gasteiger partial charge on any atom is -0.508 e. The lowest BCUT2D eigenvalue weighted by molar-refractivity contribution is 0.454. The number of aromatic nitrogens is 3. The minimum absolute atomic E-state index is 0.0129. The summed E-state index contributed by atoms with van der Waals surface area (Å²) in [4.78, 5) is 1.26. The second-order valence-electron chi connectivity index (χ2n) is 3.91. The molecular formula is C12H10N4O2. The van der Waals surface area contributed by atoms with Crippen LogP contribution in [0.5, 0.6) is 11.5 Å². The minimum atomic E-state index is -0.0129. The SMILES string of the molecule is Nc1ccc2nn(-c3cc(O)ccc3O)nc2c1. The predicted octanol–water partition coefficient (Wildman–Crippen LogP) is 1.41. The average molecular weight is 242 g/mol. The van der Waals surface area contributed by atoms with Crippen LogP contribution in [0.4, 0.5) is 5.69 Å². The van der Waals surface area contributed by atoms with Gasteiger partial charge in [-0.25, -0.2) is 0 Å². The van der Waals surface area contributed by atoms with Gasteiger partial charge in [-0.05, 0) is 30.3 Å². The van der Waals surface area contributed by atoms with E-state index in [0.29, 0.717) is 22.4 Å². The topological polar surface area (TPSA) is 97.2 Å². The summed E-state index contributed by atoms with van der Waals surface area (Å²) in [6.07, 6.45) is 0. The molecule has 0 unspecified atom stereocenters. The molecule has 0 bridgehead atoms. The molecule has 4 N–H and O–H groups in total. The maximum atomic E-state index is 9.73. The quantitative estimate of drug-likeness (QED) is 0.443. The van der Waals surface area contributed by atoms with Gasteiger partial charge < -0.3 is 15.9 Å². The molecule has 18 heavy (non-hydrogen) atoms. The zero-order valence-electron chi connectivity index (χ0n) is 9.28. The zero-order valence-corrected chi connectivity index (χ0v) is 9.28. The molecule has 0 aliphatic heterocycles. The van der Waals surface area contributed by atoms with E-state index in [2.05, 4.69) is 10.2 Å². The molecule has 0 radical (unpaired) electrons. The molecular weight excluding hydrogens is 232 g/mol. The standard InChI is InChI=1S/C12H10N4O2/c13-7-1-3-9-10(5-7)15-16(14-9)11-6-8(17)2-4-12(11)18/h1-6,17-18H,13H2. The highest BCUT2D eigenvalue weighted by Crippen LogP contribution is 2.25. The van der Waals surface area contributed by atoms with Crippen molar-refractivity contribution < 1.29 is 10.2 Å². The summed E-state index contributed by atoms with van der Waals surface area (Å²) < 4.78 is 0. The monoisotopic (exact) mass is 242 g/mol. The first-order chi connectivity index (χ1) is 8.63. The fourth-order valence-electron chi connectivity index (χ4n) is 1.71. The van der Waals surface area contributed by atoms with Crippen molar-refractivity contribution in [3.63, 3.8) is 0 Å². The maximum Gasteiger partial charge on any atom is 0.143 e. The lowest BCUT2D eigenvalue weighted by Crippen LogP contribution is -1.98. The third kappa shape index (κ3) is 1.60. The molecule has 6 nitrogen and oxygen atoms in total. The molecule has 1 heterocycles. The molecule has 0 aliphatic rings. The highest BCUT2D eigenvalue weighted by atomic mass is 16.3. The molecule has 0 saturated carbocycles. The molecule has 1 aromatic heterocycles. The number of nitrogens with zero attached hydrogens (tertiary/aromatic N) is 3. The Bertz CT molecular complexity index is 736. The Balaban J connectivity index is 2.22. The summed E-state index contributed by atoms with van der Waals surface area (Å²) >= 11 is 0. The first kappa shape index (κ1) is 10.4. The Morgan fingerprint density at radius 1 is 0.944 bits per heavy atom. The molecule has 0 amide bonds. The molecule has 90 valence electrons. The van der Waals surface area contributed by atoms with Crippen LogP contribution in [0.3, 0.4) is 0 Å². The highest BCUT2D eigenvalue weighted by Gasteiger charge is 2.09. The molecule has 0 saturated heterocycles. The van der Waals surface area contributed by atoms with Gasteiger partial charge in [0.05, 0.1) is 0 Å². The second-order valence-corrected chi connectivity index (χ2v) is 3.91. The van der Waals surface area contributed by atoms with Crippen molar-refractivity contribution in [3.8, 4) is 17.2 Å². The van der Waals surface area contributed by atoms with Crippen LogP contribution in [0.1, 0.15) is 0 Å². The first-order valence-corrected chi connectivity index (χ1v) is 5.28. The van der Waals surface area contributed by atoms with Gasteiger partial charge in [0.1, 0.15) is 28.2 Å². The van der Waals surface area contributed by atoms with E-state index in [-0.39, 0.29) is 11.5 Å². The van der Waals surface area contributed by atoms with Gasteiger partial charge in [0, 0.05) is 11.8 Å². The fourth-order valence-corrected chi connectivity index (χ4v) is 1.71. The number of fused-ring (bicyclic) bond motifs is 1. The van der Waals surface area contributed by atoms with Crippen LogP contribution in [0.15, 0.2) is 36.4 Å². The Morgan fingerprint density at radius 2 is 1.72 bits per heavy atom. The van der Waals surface area contributed by atoms with Crippen molar-refractivity contribution in [2.75, 3.05) is 5.73 Å². The molecule has 0 fully saturated rings. The third-order valence-corrected chi connectivity index (χ3v) is 2.58. The fraction of sp³-hybridized carbons (Fsp3) is 0. The van der Waals surface area contributed by atoms with E-state index in [1.165, 1.54) is 23.0 Å². The van der Waals surface area contributed by atoms with Crippen LogP contribution >= 0.6 is 0 Å². The largest absolute Gasteiger partial charge is 0.508 e. The Kier molecular flexibility index (Phi) is 2.09. The number of hydrogen-bond donors (Lipinski definition) is 3. The van der Waals surface area contributed by atoms with Crippen LogP contribution < -0.4 is 5.73 Å².